The summed E-state index contributed by atoms with van der Waals surface area (Å²) in [5, 5.41) is 12.0. The van der Waals surface area contributed by atoms with Gasteiger partial charge in [0.1, 0.15) is 0 Å². The summed E-state index contributed by atoms with van der Waals surface area (Å²) in [6, 6.07) is 5.04. The second-order valence-electron chi connectivity index (χ2n) is 7.22. The number of halogens is 2. The van der Waals surface area contributed by atoms with Crippen LogP contribution in [0, 0.1) is 0 Å². The number of hydroxylamine groups is 2. The summed E-state index contributed by atoms with van der Waals surface area (Å²) >= 11 is 12.1. The molecular formula is C20H25Cl2N3O5. The van der Waals surface area contributed by atoms with Crippen molar-refractivity contribution in [3.63, 3.8) is 0 Å². The smallest absolute Gasteiger partial charge is 0.289 e. The van der Waals surface area contributed by atoms with Crippen LogP contribution in [-0.2, 0) is 25.7 Å². The van der Waals surface area contributed by atoms with Crippen LogP contribution in [0.25, 0.3) is 0 Å². The van der Waals surface area contributed by atoms with Gasteiger partial charge in [0, 0.05) is 26.7 Å². The van der Waals surface area contributed by atoms with Crippen molar-refractivity contribution in [1.82, 2.24) is 14.9 Å². The summed E-state index contributed by atoms with van der Waals surface area (Å²) in [7, 11) is 1.52. The Morgan fingerprint density at radius 3 is 2.63 bits per heavy atom. The van der Waals surface area contributed by atoms with Gasteiger partial charge >= 0.3 is 0 Å². The molecule has 1 aromatic rings. The molecule has 1 saturated heterocycles. The average molecular weight is 458 g/mol. The van der Waals surface area contributed by atoms with E-state index in [9.17, 15) is 14.7 Å². The molecule has 0 bridgehead atoms. The Morgan fingerprint density at radius 1 is 1.27 bits per heavy atom. The summed E-state index contributed by atoms with van der Waals surface area (Å²) in [5.41, 5.74) is 0.722. The molecule has 2 aliphatic heterocycles. The maximum atomic E-state index is 13.0. The van der Waals surface area contributed by atoms with Gasteiger partial charge in [-0.3, -0.25) is 19.3 Å². The number of hydrogen-bond acceptors (Lipinski definition) is 6. The molecule has 0 atom stereocenters. The van der Waals surface area contributed by atoms with Gasteiger partial charge in [0.25, 0.3) is 11.8 Å². The number of rotatable bonds is 8. The standard InChI is InChI=1S/C20H25Cl2N3O5/c1-23-13-15(18(26)20(23)28)19(27)25(12-14-3-4-16(21)17(22)11-14)30-8-2-5-24-6-9-29-10-7-24/h3-4,11,26H,2,5-10,12-13H2,1H3. The Bertz CT molecular complexity index is 827. The van der Waals surface area contributed by atoms with E-state index in [4.69, 9.17) is 32.8 Å². The Labute approximate surface area is 185 Å². The van der Waals surface area contributed by atoms with Gasteiger partial charge in [-0.1, -0.05) is 29.3 Å². The summed E-state index contributed by atoms with van der Waals surface area (Å²) in [4.78, 5) is 34.2. The van der Waals surface area contributed by atoms with Crippen molar-refractivity contribution in [2.45, 2.75) is 13.0 Å². The Balaban J connectivity index is 1.66. The second-order valence-corrected chi connectivity index (χ2v) is 8.03. The third-order valence-electron chi connectivity index (χ3n) is 4.99. The van der Waals surface area contributed by atoms with E-state index in [0.29, 0.717) is 22.2 Å². The summed E-state index contributed by atoms with van der Waals surface area (Å²) < 4.78 is 5.34. The first-order chi connectivity index (χ1) is 14.4. The highest BCUT2D eigenvalue weighted by Crippen LogP contribution is 2.24. The lowest BCUT2D eigenvalue weighted by Crippen LogP contribution is -2.38. The monoisotopic (exact) mass is 457 g/mol. The third kappa shape index (κ3) is 5.65. The van der Waals surface area contributed by atoms with E-state index in [0.717, 1.165) is 44.3 Å². The first-order valence-electron chi connectivity index (χ1n) is 9.73. The van der Waals surface area contributed by atoms with Crippen LogP contribution < -0.4 is 0 Å². The number of nitrogens with zero attached hydrogens (tertiary/aromatic N) is 3. The van der Waals surface area contributed by atoms with Crippen molar-refractivity contribution in [3.8, 4) is 0 Å². The largest absolute Gasteiger partial charge is 0.503 e. The molecule has 164 valence electrons. The Morgan fingerprint density at radius 2 is 2.00 bits per heavy atom. The number of morpholine rings is 1. The lowest BCUT2D eigenvalue weighted by atomic mass is 10.2. The van der Waals surface area contributed by atoms with Gasteiger partial charge in [0.2, 0.25) is 0 Å². The van der Waals surface area contributed by atoms with Crippen LogP contribution in [0.1, 0.15) is 12.0 Å². The number of carbonyl (C=O) groups excluding carboxylic acids is 2. The molecule has 30 heavy (non-hydrogen) atoms. The van der Waals surface area contributed by atoms with E-state index in [1.807, 2.05) is 0 Å². The van der Waals surface area contributed by atoms with Gasteiger partial charge in [0.05, 0.1) is 48.5 Å². The molecule has 0 aromatic heterocycles. The zero-order valence-electron chi connectivity index (χ0n) is 16.8. The van der Waals surface area contributed by atoms with Gasteiger partial charge in [-0.05, 0) is 24.1 Å². The molecule has 1 fully saturated rings. The molecule has 3 rings (SSSR count). The van der Waals surface area contributed by atoms with E-state index in [1.54, 1.807) is 18.2 Å². The van der Waals surface area contributed by atoms with Crippen molar-refractivity contribution in [2.24, 2.45) is 0 Å². The lowest BCUT2D eigenvalue weighted by Gasteiger charge is -2.27. The first kappa shape index (κ1) is 22.8. The average Bonchev–Trinajstić information content (AvgIpc) is 3.00. The maximum absolute atomic E-state index is 13.0. The van der Waals surface area contributed by atoms with Gasteiger partial charge < -0.3 is 14.7 Å². The fraction of sp³-hybridized carbons (Fsp3) is 0.500. The van der Waals surface area contributed by atoms with Gasteiger partial charge in [-0.15, -0.1) is 0 Å². The molecule has 2 aliphatic rings. The molecule has 0 saturated carbocycles. The van der Waals surface area contributed by atoms with E-state index in [1.165, 1.54) is 11.9 Å². The molecule has 1 aromatic carbocycles. The predicted octanol–water partition coefficient (Wildman–Crippen LogP) is 2.26. The van der Waals surface area contributed by atoms with Crippen LogP contribution >= 0.6 is 23.2 Å². The topological polar surface area (TPSA) is 82.6 Å². The van der Waals surface area contributed by atoms with Gasteiger partial charge in [0.15, 0.2) is 5.76 Å². The highest BCUT2D eigenvalue weighted by atomic mass is 35.5. The zero-order valence-corrected chi connectivity index (χ0v) is 18.3. The molecular weight excluding hydrogens is 433 g/mol. The van der Waals surface area contributed by atoms with Crippen LogP contribution in [0.5, 0.6) is 0 Å². The van der Waals surface area contributed by atoms with Crippen molar-refractivity contribution in [1.29, 1.82) is 0 Å². The van der Waals surface area contributed by atoms with Crippen LogP contribution in [0.15, 0.2) is 29.5 Å². The van der Waals surface area contributed by atoms with Gasteiger partial charge in [-0.2, -0.15) is 0 Å². The Kier molecular flexibility index (Phi) is 7.96. The van der Waals surface area contributed by atoms with Crippen LogP contribution in [-0.4, -0.2) is 84.8 Å². The van der Waals surface area contributed by atoms with Crippen LogP contribution in [0.2, 0.25) is 10.0 Å². The summed E-state index contributed by atoms with van der Waals surface area (Å²) in [6.07, 6.45) is 0.717. The molecule has 0 spiro atoms. The second kappa shape index (κ2) is 10.5. The number of likely N-dealkylation sites (N-methyl/N-ethyl adjacent to an activating group) is 1. The van der Waals surface area contributed by atoms with Gasteiger partial charge in [-0.25, -0.2) is 5.06 Å². The number of ether oxygens (including phenoxy) is 1. The SMILES string of the molecule is CN1CC(C(=O)N(Cc2ccc(Cl)c(Cl)c2)OCCCN2CCOCC2)=C(O)C1=O. The molecule has 1 N–H and O–H groups in total. The number of aliphatic hydroxyl groups is 1. The molecule has 0 radical (unpaired) electrons. The minimum absolute atomic E-state index is 0.00994. The van der Waals surface area contributed by atoms with Crippen molar-refractivity contribution >= 4 is 35.0 Å². The number of aliphatic hydroxyl groups excluding tert-OH is 1. The van der Waals surface area contributed by atoms with E-state index in [2.05, 4.69) is 4.90 Å². The summed E-state index contributed by atoms with van der Waals surface area (Å²) in [6.45, 7) is 4.45. The number of carbonyl (C=O) groups is 2. The fourth-order valence-electron chi connectivity index (χ4n) is 3.28. The Hall–Kier alpha value is -1.84. The minimum Gasteiger partial charge on any atom is -0.503 e. The van der Waals surface area contributed by atoms with Crippen LogP contribution in [0.3, 0.4) is 0 Å². The van der Waals surface area contributed by atoms with Crippen molar-refractivity contribution in [2.75, 3.05) is 53.0 Å². The third-order valence-corrected chi connectivity index (χ3v) is 5.73. The highest BCUT2D eigenvalue weighted by Gasteiger charge is 2.34. The lowest BCUT2D eigenvalue weighted by molar-refractivity contribution is -0.187. The number of benzene rings is 1. The molecule has 0 aliphatic carbocycles. The molecule has 0 unspecified atom stereocenters. The quantitative estimate of drug-likeness (QED) is 0.476. The van der Waals surface area contributed by atoms with E-state index >= 15 is 0 Å². The molecule has 2 heterocycles. The fourth-order valence-corrected chi connectivity index (χ4v) is 3.60. The van der Waals surface area contributed by atoms with Crippen molar-refractivity contribution in [3.05, 3.63) is 45.1 Å². The molecule has 10 heteroatoms. The number of hydrogen-bond donors (Lipinski definition) is 1. The molecule has 2 amide bonds. The zero-order chi connectivity index (χ0) is 21.7. The normalized spacial score (nSPS) is 17.7. The predicted molar refractivity (Wildman–Crippen MR) is 112 cm³/mol. The van der Waals surface area contributed by atoms with Crippen LogP contribution in [0.4, 0.5) is 0 Å². The highest BCUT2D eigenvalue weighted by molar-refractivity contribution is 6.42. The number of amides is 2. The maximum Gasteiger partial charge on any atom is 0.289 e. The minimum atomic E-state index is -0.583. The first-order valence-corrected chi connectivity index (χ1v) is 10.5. The van der Waals surface area contributed by atoms with Crippen molar-refractivity contribution < 1.29 is 24.3 Å². The molecule has 8 nitrogen and oxygen atoms in total. The van der Waals surface area contributed by atoms with E-state index < -0.39 is 17.6 Å². The van der Waals surface area contributed by atoms with E-state index in [-0.39, 0.29) is 18.7 Å². The summed E-state index contributed by atoms with van der Waals surface area (Å²) in [5.74, 6) is -1.68.